The lowest BCUT2D eigenvalue weighted by Crippen LogP contribution is -2.47. The van der Waals surface area contributed by atoms with E-state index in [0.717, 1.165) is 36.5 Å². The number of benzene rings is 1. The Morgan fingerprint density at radius 1 is 1.48 bits per heavy atom. The summed E-state index contributed by atoms with van der Waals surface area (Å²) in [5.41, 5.74) is 0.852. The first-order chi connectivity index (χ1) is 9.98. The molecular formula is C17H25ClN2O. The Balaban J connectivity index is 2.20. The molecule has 1 aliphatic rings. The van der Waals surface area contributed by atoms with E-state index in [-0.39, 0.29) is 17.4 Å². The molecule has 1 heterocycles. The van der Waals surface area contributed by atoms with Gasteiger partial charge >= 0.3 is 0 Å². The summed E-state index contributed by atoms with van der Waals surface area (Å²) in [6.45, 7) is 8.62. The summed E-state index contributed by atoms with van der Waals surface area (Å²) in [7, 11) is 0. The summed E-state index contributed by atoms with van der Waals surface area (Å²) in [6, 6.07) is 7.95. The highest BCUT2D eigenvalue weighted by Gasteiger charge is 2.42. The van der Waals surface area contributed by atoms with E-state index in [1.54, 1.807) is 0 Å². The molecule has 1 amide bonds. The Morgan fingerprint density at radius 3 is 2.76 bits per heavy atom. The highest BCUT2D eigenvalue weighted by Crippen LogP contribution is 2.33. The molecule has 1 unspecified atom stereocenters. The maximum absolute atomic E-state index is 13.1. The normalized spacial score (nSPS) is 21.8. The quantitative estimate of drug-likeness (QED) is 0.903. The Kier molecular flexibility index (Phi) is 5.28. The first-order valence-electron chi connectivity index (χ1n) is 7.75. The van der Waals surface area contributed by atoms with Gasteiger partial charge in [0.2, 0.25) is 5.91 Å². The summed E-state index contributed by atoms with van der Waals surface area (Å²) in [4.78, 5) is 15.1. The fourth-order valence-electron chi connectivity index (χ4n) is 3.00. The molecule has 116 valence electrons. The second kappa shape index (κ2) is 6.80. The van der Waals surface area contributed by atoms with E-state index in [4.69, 9.17) is 11.6 Å². The Morgan fingerprint density at radius 2 is 2.24 bits per heavy atom. The summed E-state index contributed by atoms with van der Waals surface area (Å²) >= 11 is 6.06. The van der Waals surface area contributed by atoms with Crippen molar-refractivity contribution in [2.75, 3.05) is 13.1 Å². The molecule has 1 atom stereocenters. The van der Waals surface area contributed by atoms with Crippen LogP contribution in [-0.4, -0.2) is 29.9 Å². The minimum Gasteiger partial charge on any atom is -0.335 e. The van der Waals surface area contributed by atoms with Crippen LogP contribution in [0.25, 0.3) is 0 Å². The maximum atomic E-state index is 13.1. The van der Waals surface area contributed by atoms with Gasteiger partial charge in [-0.3, -0.25) is 4.79 Å². The first kappa shape index (κ1) is 16.3. The Hall–Kier alpha value is -1.06. The van der Waals surface area contributed by atoms with Gasteiger partial charge in [0.15, 0.2) is 0 Å². The molecule has 0 spiro atoms. The zero-order chi connectivity index (χ0) is 15.5. The maximum Gasteiger partial charge on any atom is 0.230 e. The SMILES string of the molecule is CCC1(C(=O)N(Cc2cccc(Cl)c2)C(C)C)CCNC1. The molecule has 1 aliphatic heterocycles. The molecule has 2 rings (SSSR count). The number of hydrogen-bond acceptors (Lipinski definition) is 2. The van der Waals surface area contributed by atoms with Crippen LogP contribution in [0, 0.1) is 5.41 Å². The summed E-state index contributed by atoms with van der Waals surface area (Å²) in [5, 5.41) is 4.06. The van der Waals surface area contributed by atoms with Crippen LogP contribution in [0.3, 0.4) is 0 Å². The van der Waals surface area contributed by atoms with Crippen molar-refractivity contribution in [1.82, 2.24) is 10.2 Å². The van der Waals surface area contributed by atoms with Gasteiger partial charge in [-0.25, -0.2) is 0 Å². The van der Waals surface area contributed by atoms with Crippen molar-refractivity contribution in [3.8, 4) is 0 Å². The van der Waals surface area contributed by atoms with Crippen LogP contribution in [0.4, 0.5) is 0 Å². The third kappa shape index (κ3) is 3.58. The molecule has 0 aliphatic carbocycles. The van der Waals surface area contributed by atoms with Crippen molar-refractivity contribution in [2.45, 2.75) is 46.2 Å². The van der Waals surface area contributed by atoms with Crippen molar-refractivity contribution in [2.24, 2.45) is 5.41 Å². The Labute approximate surface area is 132 Å². The van der Waals surface area contributed by atoms with Crippen molar-refractivity contribution < 1.29 is 4.79 Å². The number of carbonyl (C=O) groups excluding carboxylic acids is 1. The monoisotopic (exact) mass is 308 g/mol. The minimum atomic E-state index is -0.233. The van der Waals surface area contributed by atoms with Crippen LogP contribution in [0.1, 0.15) is 39.2 Å². The van der Waals surface area contributed by atoms with Gasteiger partial charge in [-0.05, 0) is 50.9 Å². The molecule has 1 aromatic carbocycles. The molecule has 3 nitrogen and oxygen atoms in total. The highest BCUT2D eigenvalue weighted by atomic mass is 35.5. The van der Waals surface area contributed by atoms with E-state index in [9.17, 15) is 4.79 Å². The van der Waals surface area contributed by atoms with E-state index in [1.165, 1.54) is 0 Å². The third-order valence-corrected chi connectivity index (χ3v) is 4.74. The smallest absolute Gasteiger partial charge is 0.230 e. The second-order valence-electron chi connectivity index (χ2n) is 6.22. The average Bonchev–Trinajstić information content (AvgIpc) is 2.94. The van der Waals surface area contributed by atoms with Gasteiger partial charge in [0.1, 0.15) is 0 Å². The molecule has 1 fully saturated rings. The number of halogens is 1. The largest absolute Gasteiger partial charge is 0.335 e. The average molecular weight is 309 g/mol. The first-order valence-corrected chi connectivity index (χ1v) is 8.12. The van der Waals surface area contributed by atoms with Crippen LogP contribution < -0.4 is 5.32 Å². The lowest BCUT2D eigenvalue weighted by Gasteiger charge is -2.36. The van der Waals surface area contributed by atoms with Crippen LogP contribution in [0.5, 0.6) is 0 Å². The van der Waals surface area contributed by atoms with Gasteiger partial charge < -0.3 is 10.2 Å². The lowest BCUT2D eigenvalue weighted by atomic mass is 9.82. The van der Waals surface area contributed by atoms with Crippen molar-refractivity contribution in [1.29, 1.82) is 0 Å². The number of amides is 1. The molecule has 1 saturated heterocycles. The summed E-state index contributed by atoms with van der Waals surface area (Å²) in [5.74, 6) is 0.268. The predicted octanol–water partition coefficient (Wildman–Crippen LogP) is 3.47. The predicted molar refractivity (Wildman–Crippen MR) is 87.3 cm³/mol. The van der Waals surface area contributed by atoms with Crippen molar-refractivity contribution in [3.05, 3.63) is 34.9 Å². The van der Waals surface area contributed by atoms with E-state index >= 15 is 0 Å². The van der Waals surface area contributed by atoms with Gasteiger partial charge in [0.05, 0.1) is 5.41 Å². The molecule has 1 aromatic rings. The lowest BCUT2D eigenvalue weighted by molar-refractivity contribution is -0.144. The second-order valence-corrected chi connectivity index (χ2v) is 6.65. The fraction of sp³-hybridized carbons (Fsp3) is 0.588. The molecular weight excluding hydrogens is 284 g/mol. The van der Waals surface area contributed by atoms with Crippen LogP contribution in [0.15, 0.2) is 24.3 Å². The Bertz CT molecular complexity index is 495. The van der Waals surface area contributed by atoms with Crippen LogP contribution in [-0.2, 0) is 11.3 Å². The van der Waals surface area contributed by atoms with E-state index in [1.807, 2.05) is 29.2 Å². The molecule has 0 saturated carbocycles. The third-order valence-electron chi connectivity index (χ3n) is 4.50. The minimum absolute atomic E-state index is 0.181. The number of hydrogen-bond donors (Lipinski definition) is 1. The topological polar surface area (TPSA) is 32.3 Å². The number of rotatable bonds is 5. The molecule has 0 aromatic heterocycles. The zero-order valence-corrected chi connectivity index (χ0v) is 13.9. The zero-order valence-electron chi connectivity index (χ0n) is 13.2. The van der Waals surface area contributed by atoms with Gasteiger partial charge in [0, 0.05) is 24.2 Å². The number of nitrogens with one attached hydrogen (secondary N) is 1. The van der Waals surface area contributed by atoms with Gasteiger partial charge in [-0.15, -0.1) is 0 Å². The van der Waals surface area contributed by atoms with Gasteiger partial charge in [0.25, 0.3) is 0 Å². The standard InChI is InChI=1S/C17H25ClN2O/c1-4-17(8-9-19-12-17)16(21)20(13(2)3)11-14-6-5-7-15(18)10-14/h5-7,10,13,19H,4,8-9,11-12H2,1-3H3. The molecule has 0 radical (unpaired) electrons. The number of nitrogens with zero attached hydrogens (tertiary/aromatic N) is 1. The van der Waals surface area contributed by atoms with E-state index in [2.05, 4.69) is 26.1 Å². The number of carbonyl (C=O) groups is 1. The molecule has 4 heteroatoms. The van der Waals surface area contributed by atoms with E-state index < -0.39 is 0 Å². The highest BCUT2D eigenvalue weighted by molar-refractivity contribution is 6.30. The van der Waals surface area contributed by atoms with Crippen LogP contribution in [0.2, 0.25) is 5.02 Å². The molecule has 21 heavy (non-hydrogen) atoms. The summed E-state index contributed by atoms with van der Waals surface area (Å²) in [6.07, 6.45) is 1.82. The molecule has 1 N–H and O–H groups in total. The van der Waals surface area contributed by atoms with Crippen molar-refractivity contribution in [3.63, 3.8) is 0 Å². The van der Waals surface area contributed by atoms with Crippen LogP contribution >= 0.6 is 11.6 Å². The van der Waals surface area contributed by atoms with Gasteiger partial charge in [-0.1, -0.05) is 30.7 Å². The van der Waals surface area contributed by atoms with Crippen molar-refractivity contribution >= 4 is 17.5 Å². The fourth-order valence-corrected chi connectivity index (χ4v) is 3.22. The summed E-state index contributed by atoms with van der Waals surface area (Å²) < 4.78 is 0. The van der Waals surface area contributed by atoms with E-state index in [0.29, 0.717) is 6.54 Å². The molecule has 0 bridgehead atoms. The van der Waals surface area contributed by atoms with Gasteiger partial charge in [-0.2, -0.15) is 0 Å².